The summed E-state index contributed by atoms with van der Waals surface area (Å²) in [6, 6.07) is 64.1. The number of aromatic nitrogens is 5. The lowest BCUT2D eigenvalue weighted by Gasteiger charge is -2.18. The zero-order chi connectivity index (χ0) is 41.9. The monoisotopic (exact) mass is 835 g/mol. The van der Waals surface area contributed by atoms with Gasteiger partial charge in [-0.3, -0.25) is 4.57 Å². The maximum absolute atomic E-state index is 6.90. The third kappa shape index (κ3) is 5.15. The van der Waals surface area contributed by atoms with Gasteiger partial charge in [0.25, 0.3) is 0 Å². The molecule has 14 rings (SSSR count). The van der Waals surface area contributed by atoms with E-state index in [1.165, 1.54) is 16.0 Å². The molecular weight excluding hydrogens is 803 g/mol. The fourth-order valence-corrected chi connectivity index (χ4v) is 11.5. The van der Waals surface area contributed by atoms with E-state index < -0.39 is 0 Å². The lowest BCUT2D eigenvalue weighted by Crippen LogP contribution is -2.10. The average molecular weight is 836 g/mol. The molecule has 64 heavy (non-hydrogen) atoms. The molecule has 0 bridgehead atoms. The highest BCUT2D eigenvalue weighted by Crippen LogP contribution is 2.51. The van der Waals surface area contributed by atoms with Crippen LogP contribution in [0.25, 0.3) is 111 Å². The molecule has 0 spiro atoms. The Morgan fingerprint density at radius 2 is 1.31 bits per heavy atom. The topological polar surface area (TPSA) is 61.7 Å². The first-order valence-corrected chi connectivity index (χ1v) is 22.4. The van der Waals surface area contributed by atoms with Crippen molar-refractivity contribution < 1.29 is 4.42 Å². The van der Waals surface area contributed by atoms with Gasteiger partial charge < -0.3 is 8.98 Å². The highest BCUT2D eigenvalue weighted by molar-refractivity contribution is 8.00. The summed E-state index contributed by atoms with van der Waals surface area (Å²) in [5.41, 5.74) is 12.1. The van der Waals surface area contributed by atoms with E-state index in [-0.39, 0.29) is 5.92 Å². The van der Waals surface area contributed by atoms with Crippen molar-refractivity contribution in [2.24, 2.45) is 0 Å². The first kappa shape index (κ1) is 35.4. The van der Waals surface area contributed by atoms with Gasteiger partial charge in [0.05, 0.1) is 33.1 Å². The number of rotatable bonds is 5. The molecule has 4 aromatic heterocycles. The van der Waals surface area contributed by atoms with Crippen LogP contribution in [0.15, 0.2) is 197 Å². The van der Waals surface area contributed by atoms with Crippen molar-refractivity contribution in [3.05, 3.63) is 206 Å². The number of benzene rings is 7. The zero-order valence-corrected chi connectivity index (χ0v) is 34.9. The Morgan fingerprint density at radius 1 is 0.547 bits per heavy atom. The number of allylic oxidation sites excluding steroid dienone is 3. The Morgan fingerprint density at radius 3 is 2.22 bits per heavy atom. The first-order chi connectivity index (χ1) is 31.7. The maximum atomic E-state index is 6.90. The Bertz CT molecular complexity index is 3950. The standard InChI is InChI=1S/C57H33N5OS/c1-3-15-34(16-4-1)36-29-32-48-44(33-36)41-22-13-26-47(54(41)63-48)61-45-24-10-7-19-37(45)39-30-31-40-38-20-8-11-25-46(38)62(53(40)52(39)61)57-59-55(35-17-5-2-6-18-35)58-56(60-57)43-23-14-28-50-51(43)42-21-9-12-27-49(42)64-50/h1-7,9-19,21-33,42,49H. The minimum atomic E-state index is 0.223. The van der Waals surface area contributed by atoms with Gasteiger partial charge in [-0.15, -0.1) is 11.8 Å². The number of nitrogens with zero attached hydrogens (tertiary/aromatic N) is 5. The molecule has 12 aromatic rings. The second kappa shape index (κ2) is 13.7. The van der Waals surface area contributed by atoms with Gasteiger partial charge in [-0.2, -0.15) is 9.97 Å². The van der Waals surface area contributed by atoms with E-state index in [4.69, 9.17) is 19.4 Å². The van der Waals surface area contributed by atoms with E-state index in [9.17, 15) is 0 Å². The molecule has 2 atom stereocenters. The molecule has 0 saturated heterocycles. The fourth-order valence-electron chi connectivity index (χ4n) is 10.2. The zero-order valence-electron chi connectivity index (χ0n) is 34.1. The van der Waals surface area contributed by atoms with Gasteiger partial charge in [0, 0.05) is 54.1 Å². The van der Waals surface area contributed by atoms with Gasteiger partial charge in [0.15, 0.2) is 17.2 Å². The quantitative estimate of drug-likeness (QED) is 0.173. The molecule has 0 amide bonds. The summed E-state index contributed by atoms with van der Waals surface area (Å²) >= 11 is 1.91. The normalized spacial score (nSPS) is 15.5. The number of fused-ring (bicyclic) bond motifs is 13. The summed E-state index contributed by atoms with van der Waals surface area (Å²) in [6.45, 7) is 0. The molecule has 8 aromatic carbocycles. The van der Waals surface area contributed by atoms with E-state index in [2.05, 4.69) is 185 Å². The predicted octanol–water partition coefficient (Wildman–Crippen LogP) is 14.3. The van der Waals surface area contributed by atoms with E-state index in [1.807, 2.05) is 36.0 Å². The van der Waals surface area contributed by atoms with Gasteiger partial charge in [0.2, 0.25) is 5.95 Å². The highest BCUT2D eigenvalue weighted by Gasteiger charge is 2.34. The van der Waals surface area contributed by atoms with Gasteiger partial charge >= 0.3 is 0 Å². The molecule has 1 aliphatic heterocycles. The minimum absolute atomic E-state index is 0.223. The van der Waals surface area contributed by atoms with E-state index >= 15 is 0 Å². The van der Waals surface area contributed by atoms with Crippen LogP contribution in [0.1, 0.15) is 11.5 Å². The van der Waals surface area contributed by atoms with E-state index in [1.54, 1.807) is 0 Å². The Labute approximate surface area is 371 Å². The summed E-state index contributed by atoms with van der Waals surface area (Å²) in [5.74, 6) is 2.00. The van der Waals surface area contributed by atoms with Gasteiger partial charge in [-0.1, -0.05) is 158 Å². The van der Waals surface area contributed by atoms with Crippen LogP contribution < -0.4 is 0 Å². The molecule has 0 saturated carbocycles. The van der Waals surface area contributed by atoms with Gasteiger partial charge in [-0.25, -0.2) is 4.98 Å². The van der Waals surface area contributed by atoms with Crippen LogP contribution >= 0.6 is 11.8 Å². The summed E-state index contributed by atoms with van der Waals surface area (Å²) in [5, 5.41) is 6.66. The van der Waals surface area contributed by atoms with Crippen LogP contribution in [0.4, 0.5) is 0 Å². The maximum Gasteiger partial charge on any atom is 0.238 e. The number of para-hydroxylation sites is 2. The molecule has 0 radical (unpaired) electrons. The molecular formula is C57H33N5OS. The summed E-state index contributed by atoms with van der Waals surface area (Å²) in [4.78, 5) is 17.4. The molecule has 6 nitrogen and oxygen atoms in total. The molecule has 5 heterocycles. The number of furan rings is 1. The first-order valence-electron chi connectivity index (χ1n) is 21.5. The van der Waals surface area contributed by atoms with Crippen molar-refractivity contribution in [1.29, 1.82) is 0 Å². The number of thioether (sulfide) groups is 1. The highest BCUT2D eigenvalue weighted by atomic mass is 32.2. The molecule has 0 N–H and O–H groups in total. The molecule has 1 aliphatic carbocycles. The van der Waals surface area contributed by atoms with Crippen molar-refractivity contribution in [3.63, 3.8) is 0 Å². The third-order valence-corrected chi connectivity index (χ3v) is 14.3. The van der Waals surface area contributed by atoms with Gasteiger partial charge in [-0.05, 0) is 59.2 Å². The van der Waals surface area contributed by atoms with Crippen molar-refractivity contribution in [2.45, 2.75) is 16.1 Å². The van der Waals surface area contributed by atoms with Crippen molar-refractivity contribution in [2.75, 3.05) is 0 Å². The summed E-state index contributed by atoms with van der Waals surface area (Å²) < 4.78 is 11.5. The second-order valence-corrected chi connectivity index (χ2v) is 17.7. The van der Waals surface area contributed by atoms with Crippen molar-refractivity contribution in [3.8, 4) is 45.5 Å². The fraction of sp³-hybridized carbons (Fsp3) is 0.0351. The van der Waals surface area contributed by atoms with Crippen LogP contribution in [0.2, 0.25) is 0 Å². The molecule has 7 heteroatoms. The smallest absolute Gasteiger partial charge is 0.238 e. The lowest BCUT2D eigenvalue weighted by atomic mass is 9.89. The van der Waals surface area contributed by atoms with E-state index in [0.717, 1.165) is 87.9 Å². The van der Waals surface area contributed by atoms with Crippen LogP contribution in [0.3, 0.4) is 0 Å². The Balaban J connectivity index is 1.09. The van der Waals surface area contributed by atoms with Crippen LogP contribution in [-0.4, -0.2) is 29.3 Å². The molecule has 298 valence electrons. The third-order valence-electron chi connectivity index (χ3n) is 13.0. The van der Waals surface area contributed by atoms with Crippen molar-refractivity contribution >= 4 is 77.3 Å². The minimum Gasteiger partial charge on any atom is -0.454 e. The Hall–Kier alpha value is -8.18. The van der Waals surface area contributed by atoms with E-state index in [0.29, 0.717) is 22.8 Å². The van der Waals surface area contributed by atoms with Crippen molar-refractivity contribution in [1.82, 2.24) is 24.1 Å². The number of hydrogen-bond acceptors (Lipinski definition) is 5. The number of hydrogen-bond donors (Lipinski definition) is 0. The lowest BCUT2D eigenvalue weighted by molar-refractivity contribution is 0.666. The van der Waals surface area contributed by atoms with Crippen LogP contribution in [0, 0.1) is 12.1 Å². The predicted molar refractivity (Wildman–Crippen MR) is 260 cm³/mol. The molecule has 0 fully saturated rings. The van der Waals surface area contributed by atoms with Crippen LogP contribution in [-0.2, 0) is 0 Å². The van der Waals surface area contributed by atoms with Gasteiger partial charge in [0.1, 0.15) is 5.58 Å². The largest absolute Gasteiger partial charge is 0.454 e. The van der Waals surface area contributed by atoms with Crippen LogP contribution in [0.5, 0.6) is 0 Å². The SMILES string of the molecule is c1ccc2c(c#1)c1ccc3c4ccccc4n(-c4cccc5c4oc4ccc(-c6ccccc6)cc45)c3c1n2-c1nc(-c2ccccc2)nc(-c2cccc3c2C2C=CC=CC2S3)n1. The molecule has 2 unspecified atom stereocenters. The summed E-state index contributed by atoms with van der Waals surface area (Å²) in [6.07, 6.45) is 8.93. The average Bonchev–Trinajstić information content (AvgIpc) is 4.12. The second-order valence-electron chi connectivity index (χ2n) is 16.5. The summed E-state index contributed by atoms with van der Waals surface area (Å²) in [7, 11) is 0. The Kier molecular flexibility index (Phi) is 7.56. The molecule has 2 aliphatic rings.